The monoisotopic (exact) mass is 1610 g/mol. The van der Waals surface area contributed by atoms with Crippen molar-refractivity contribution in [2.24, 2.45) is 11.8 Å². The van der Waals surface area contributed by atoms with Crippen molar-refractivity contribution in [3.8, 4) is 11.1 Å². The van der Waals surface area contributed by atoms with Crippen molar-refractivity contribution in [1.29, 1.82) is 0 Å². The van der Waals surface area contributed by atoms with Crippen LogP contribution in [0.2, 0.25) is 0 Å². The topological polar surface area (TPSA) is 0 Å². The quantitative estimate of drug-likeness (QED) is 0.0213. The van der Waals surface area contributed by atoms with E-state index in [9.17, 15) is 87.8 Å². The summed E-state index contributed by atoms with van der Waals surface area (Å²) >= 11 is 0. The maximum atomic E-state index is 17.3. The number of rotatable bonds is 17. The van der Waals surface area contributed by atoms with Gasteiger partial charge in [-0.05, 0) is 79.1 Å². The third kappa shape index (κ3) is 14.1. The zero-order valence-corrected chi connectivity index (χ0v) is 55.6. The van der Waals surface area contributed by atoms with Gasteiger partial charge in [0.05, 0.1) is 45.0 Å². The lowest BCUT2D eigenvalue weighted by molar-refractivity contribution is -0.290. The minimum atomic E-state index is -7.10. The molecule has 38 heteroatoms. The predicted molar refractivity (Wildman–Crippen MR) is 327 cm³/mol. The fourth-order valence-electron chi connectivity index (χ4n) is 13.1. The molecule has 0 N–H and O–H groups in total. The van der Waals surface area contributed by atoms with Gasteiger partial charge in [0.15, 0.2) is 134 Å². The SMILES string of the molecule is CCCCC(CC)CC[PH2+]CC(C)CCC.Fc1c(F)c(F)c(-c2c(C(F)(F)F)c(F)c(F)c(F)c2C(F)(F)C(F)(F)F)c(F)c1F.Fc1ccc2c([B-](c3c(F)c(F)c(F)c4c(F)c(F)ccc34)(c3c(F)c(F)c(F)c4c(F)c(F)ccc34)c3c(F)c(F)c(F)c4c(F)c(F)ccc34)c(F)c(F)c(F)c2c1F. The highest BCUT2D eigenvalue weighted by atomic mass is 31.1. The van der Waals surface area contributed by atoms with Crippen molar-refractivity contribution in [2.45, 2.75) is 90.9 Å². The van der Waals surface area contributed by atoms with Crippen LogP contribution in [-0.4, -0.2) is 24.6 Å². The van der Waals surface area contributed by atoms with E-state index in [4.69, 9.17) is 0 Å². The molecule has 582 valence electrons. The van der Waals surface area contributed by atoms with Crippen molar-refractivity contribution in [1.82, 2.24) is 0 Å². The second-order valence-electron chi connectivity index (χ2n) is 24.4. The minimum absolute atomic E-state index is 0.0220. The molecule has 0 amide bonds. The molecular weight excluding hydrogens is 1570 g/mol. The Morgan fingerprint density at radius 3 is 0.898 bits per heavy atom. The molecule has 10 aromatic rings. The Morgan fingerprint density at radius 2 is 0.611 bits per heavy atom. The van der Waals surface area contributed by atoms with Gasteiger partial charge in [0, 0.05) is 5.56 Å². The van der Waals surface area contributed by atoms with E-state index in [1.165, 1.54) is 51.1 Å². The first-order valence-electron chi connectivity index (χ1n) is 31.2. The normalized spacial score (nSPS) is 13.0. The molecule has 0 fully saturated rings. The van der Waals surface area contributed by atoms with Crippen LogP contribution in [-0.2, 0) is 12.1 Å². The Hall–Kier alpha value is -8.79. The lowest BCUT2D eigenvalue weighted by Gasteiger charge is -2.47. The first-order valence-corrected chi connectivity index (χ1v) is 32.8. The molecule has 10 aromatic carbocycles. The van der Waals surface area contributed by atoms with E-state index in [1.54, 1.807) is 6.16 Å². The standard InChI is InChI=1S/C40H8BF20.C15F16.C15H33P/c42-13-5-1-9-17(25(13)46)29(50)37(58)33(54)21(9)41(22-10-2-6-14(43)26(47)18(10)30(51)38(59)34(22)55,23-11-3-7-15(44)27(48)19(11)31(52)39(60)35(23)56)24-12-4-8-16(45)28(49)20(12)32(53)40(61)36(24)57;16-5-2(6(17)10(21)12(23)9(5)20)1-3(13(24,25)15(29,30)31)7(18)11(22)8(19)4(1)14(26,27)28;1-5-8-10-15(7-3)11-12-16-13-14(4)9-6-2/h1-8H;;14-16H,5-13H2,1-4H3/q-1;;/p+1. The summed E-state index contributed by atoms with van der Waals surface area (Å²) in [6.07, 6.45) is -6.85. The third-order valence-corrected chi connectivity index (χ3v) is 19.9. The first kappa shape index (κ1) is 84.8. The fraction of sp³-hybridized carbons (Fsp3) is 0.257. The van der Waals surface area contributed by atoms with Crippen LogP contribution in [0.15, 0.2) is 48.5 Å². The maximum Gasteiger partial charge on any atom is 0.458 e. The molecular formula is C70H42BF36P. The Kier molecular flexibility index (Phi) is 24.9. The van der Waals surface area contributed by atoms with Gasteiger partial charge in [0.1, 0.15) is 35.0 Å². The minimum Gasteiger partial charge on any atom is -0.207 e. The average molecular weight is 1610 g/mol. The highest BCUT2D eigenvalue weighted by Crippen LogP contribution is 2.54. The molecule has 3 unspecified atom stereocenters. The van der Waals surface area contributed by atoms with Crippen LogP contribution in [0.4, 0.5) is 158 Å². The highest BCUT2D eigenvalue weighted by Gasteiger charge is 2.63. The summed E-state index contributed by atoms with van der Waals surface area (Å²) in [6, 6.07) is -0.488. The van der Waals surface area contributed by atoms with Crippen LogP contribution in [0, 0.1) is 175 Å². The lowest BCUT2D eigenvalue weighted by atomic mass is 9.11. The van der Waals surface area contributed by atoms with E-state index < -0.39 is 274 Å². The molecule has 0 aliphatic heterocycles. The van der Waals surface area contributed by atoms with Crippen molar-refractivity contribution < 1.29 is 158 Å². The molecule has 108 heavy (non-hydrogen) atoms. The van der Waals surface area contributed by atoms with Gasteiger partial charge in [-0.3, -0.25) is 0 Å². The lowest BCUT2D eigenvalue weighted by Crippen LogP contribution is -2.78. The molecule has 0 aromatic heterocycles. The van der Waals surface area contributed by atoms with E-state index in [2.05, 4.69) is 27.7 Å². The number of unbranched alkanes of at least 4 members (excludes halogenated alkanes) is 1. The molecule has 3 atom stereocenters. The van der Waals surface area contributed by atoms with Crippen molar-refractivity contribution in [2.75, 3.05) is 12.3 Å². The van der Waals surface area contributed by atoms with Gasteiger partial charge in [-0.1, -0.05) is 84.1 Å². The van der Waals surface area contributed by atoms with Crippen molar-refractivity contribution in [3.05, 3.63) is 223 Å². The summed E-state index contributed by atoms with van der Waals surface area (Å²) in [7, 11) is 0.746. The van der Waals surface area contributed by atoms with Gasteiger partial charge in [-0.25, -0.2) is 123 Å². The summed E-state index contributed by atoms with van der Waals surface area (Å²) in [5.74, 6) is -86.9. The van der Waals surface area contributed by atoms with Crippen LogP contribution in [0.5, 0.6) is 0 Å². The average Bonchev–Trinajstić information content (AvgIpc) is 0.669. The summed E-state index contributed by atoms with van der Waals surface area (Å²) in [4.78, 5) is 0. The molecule has 0 heterocycles. The molecule has 10 rings (SSSR count). The summed E-state index contributed by atoms with van der Waals surface area (Å²) < 4.78 is 532. The van der Waals surface area contributed by atoms with Crippen LogP contribution >= 0.6 is 8.58 Å². The van der Waals surface area contributed by atoms with Gasteiger partial charge < -0.3 is 0 Å². The van der Waals surface area contributed by atoms with Gasteiger partial charge in [0.25, 0.3) is 0 Å². The van der Waals surface area contributed by atoms with Crippen LogP contribution < -0.4 is 21.9 Å². The zero-order valence-electron chi connectivity index (χ0n) is 54.4. The van der Waals surface area contributed by atoms with Crippen molar-refractivity contribution in [3.63, 3.8) is 0 Å². The number of alkyl halides is 8. The summed E-state index contributed by atoms with van der Waals surface area (Å²) in [6.45, 7) is 9.42. The van der Waals surface area contributed by atoms with E-state index in [0.29, 0.717) is 0 Å². The Labute approximate surface area is 585 Å². The highest BCUT2D eigenvalue weighted by molar-refractivity contribution is 7.37. The van der Waals surface area contributed by atoms with Crippen LogP contribution in [0.3, 0.4) is 0 Å². The molecule has 0 saturated carbocycles. The number of fused-ring (bicyclic) bond motifs is 4. The molecule has 0 radical (unpaired) electrons. The van der Waals surface area contributed by atoms with Gasteiger partial charge in [-0.2, -0.15) is 35.1 Å². The predicted octanol–water partition coefficient (Wildman–Crippen LogP) is 23.0. The number of benzene rings is 10. The number of hydrogen-bond donors (Lipinski definition) is 0. The molecule has 0 saturated heterocycles. The largest absolute Gasteiger partial charge is 0.458 e. The van der Waals surface area contributed by atoms with E-state index in [0.717, 1.165) is 20.4 Å². The molecule has 0 aliphatic rings. The van der Waals surface area contributed by atoms with Crippen LogP contribution in [0.1, 0.15) is 83.8 Å². The smallest absolute Gasteiger partial charge is 0.207 e. The molecule has 0 nitrogen and oxygen atoms in total. The van der Waals surface area contributed by atoms with Gasteiger partial charge >= 0.3 is 18.3 Å². The number of halogens is 36. The van der Waals surface area contributed by atoms with E-state index >= 15 is 70.2 Å². The Bertz CT molecular complexity index is 4770. The first-order chi connectivity index (χ1) is 50.2. The summed E-state index contributed by atoms with van der Waals surface area (Å²) in [5.41, 5.74) is -23.9. The Balaban J connectivity index is 0.000000259. The fourth-order valence-corrected chi connectivity index (χ4v) is 14.9. The van der Waals surface area contributed by atoms with Gasteiger partial charge in [-0.15, -0.1) is 21.9 Å². The van der Waals surface area contributed by atoms with Crippen LogP contribution in [0.25, 0.3) is 54.2 Å². The van der Waals surface area contributed by atoms with Crippen molar-refractivity contribution >= 4 is 79.7 Å². The molecule has 0 spiro atoms. The second-order valence-corrected chi connectivity index (χ2v) is 26.0. The molecule has 0 aliphatic carbocycles. The summed E-state index contributed by atoms with van der Waals surface area (Å²) in [5, 5.41) is -16.2. The second kappa shape index (κ2) is 31.7. The number of hydrogen-bond acceptors (Lipinski definition) is 0. The third-order valence-electron chi connectivity index (χ3n) is 18.0. The maximum absolute atomic E-state index is 17.3. The van der Waals surface area contributed by atoms with Gasteiger partial charge in [0.2, 0.25) is 5.82 Å². The van der Waals surface area contributed by atoms with E-state index in [-0.39, 0.29) is 48.5 Å². The zero-order chi connectivity index (χ0) is 81.3. The van der Waals surface area contributed by atoms with E-state index in [1.807, 2.05) is 0 Å². The molecule has 0 bridgehead atoms. The Morgan fingerprint density at radius 1 is 0.315 bits per heavy atom.